The third-order valence-corrected chi connectivity index (χ3v) is 4.42. The molecule has 0 radical (unpaired) electrons. The Morgan fingerprint density at radius 2 is 2.29 bits per heavy atom. The number of hydrogen-bond donors (Lipinski definition) is 1. The maximum atomic E-state index is 9.17. The van der Waals surface area contributed by atoms with E-state index in [-0.39, 0.29) is 0 Å². The van der Waals surface area contributed by atoms with E-state index >= 15 is 0 Å². The Labute approximate surface area is 125 Å². The van der Waals surface area contributed by atoms with Gasteiger partial charge in [-0.1, -0.05) is 6.07 Å². The van der Waals surface area contributed by atoms with Crippen LogP contribution in [0.1, 0.15) is 25.8 Å². The van der Waals surface area contributed by atoms with E-state index in [4.69, 9.17) is 11.0 Å². The van der Waals surface area contributed by atoms with E-state index in [1.165, 1.54) is 6.42 Å². The summed E-state index contributed by atoms with van der Waals surface area (Å²) < 4.78 is 2.06. The van der Waals surface area contributed by atoms with Crippen molar-refractivity contribution in [1.82, 2.24) is 14.5 Å². The molecule has 5 heteroatoms. The van der Waals surface area contributed by atoms with Crippen LogP contribution in [-0.2, 0) is 6.54 Å². The third-order valence-electron chi connectivity index (χ3n) is 4.42. The Morgan fingerprint density at radius 1 is 1.48 bits per heavy atom. The lowest BCUT2D eigenvalue weighted by atomic mass is 10.1. The molecule has 2 aromatic rings. The molecule has 1 fully saturated rings. The van der Waals surface area contributed by atoms with Crippen LogP contribution >= 0.6 is 0 Å². The molecule has 0 saturated carbocycles. The van der Waals surface area contributed by atoms with Gasteiger partial charge in [0.1, 0.15) is 11.6 Å². The summed E-state index contributed by atoms with van der Waals surface area (Å²) in [6.45, 7) is 7.61. The number of para-hydroxylation sites is 1. The summed E-state index contributed by atoms with van der Waals surface area (Å²) in [6.07, 6.45) is 1.19. The minimum Gasteiger partial charge on any atom is -0.369 e. The second kappa shape index (κ2) is 5.38. The van der Waals surface area contributed by atoms with Crippen molar-refractivity contribution in [3.8, 4) is 6.07 Å². The van der Waals surface area contributed by atoms with E-state index in [9.17, 15) is 0 Å². The molecular formula is C16H21N5. The SMILES string of the molecule is CC(C)N1CCC(Cn2c(N)nc3c(C#N)cccc32)C1. The number of rotatable bonds is 3. The molecule has 0 amide bonds. The second-order valence-electron chi connectivity index (χ2n) is 6.11. The summed E-state index contributed by atoms with van der Waals surface area (Å²) in [7, 11) is 0. The maximum absolute atomic E-state index is 9.17. The lowest BCUT2D eigenvalue weighted by Crippen LogP contribution is -2.28. The smallest absolute Gasteiger partial charge is 0.201 e. The van der Waals surface area contributed by atoms with Crippen LogP contribution in [0.3, 0.4) is 0 Å². The van der Waals surface area contributed by atoms with Crippen LogP contribution in [0.5, 0.6) is 0 Å². The number of likely N-dealkylation sites (tertiary alicyclic amines) is 1. The van der Waals surface area contributed by atoms with Crippen molar-refractivity contribution in [2.75, 3.05) is 18.8 Å². The molecule has 0 aliphatic carbocycles. The summed E-state index contributed by atoms with van der Waals surface area (Å²) >= 11 is 0. The van der Waals surface area contributed by atoms with Crippen molar-refractivity contribution in [1.29, 1.82) is 5.26 Å². The molecule has 110 valence electrons. The molecule has 1 aromatic carbocycles. The first-order chi connectivity index (χ1) is 10.1. The quantitative estimate of drug-likeness (QED) is 0.937. The first kappa shape index (κ1) is 13.9. The maximum Gasteiger partial charge on any atom is 0.201 e. The Bertz CT molecular complexity index is 694. The molecular weight excluding hydrogens is 262 g/mol. The fraction of sp³-hybridized carbons (Fsp3) is 0.500. The number of nitrogen functional groups attached to an aromatic ring is 1. The van der Waals surface area contributed by atoms with Gasteiger partial charge in [0.25, 0.3) is 0 Å². The Morgan fingerprint density at radius 3 is 2.95 bits per heavy atom. The van der Waals surface area contributed by atoms with Gasteiger partial charge in [-0.05, 0) is 44.9 Å². The van der Waals surface area contributed by atoms with Crippen LogP contribution in [0.25, 0.3) is 11.0 Å². The van der Waals surface area contributed by atoms with Crippen LogP contribution in [0.4, 0.5) is 5.95 Å². The van der Waals surface area contributed by atoms with Crippen molar-refractivity contribution in [3.05, 3.63) is 23.8 Å². The summed E-state index contributed by atoms with van der Waals surface area (Å²) in [4.78, 5) is 6.89. The van der Waals surface area contributed by atoms with Crippen molar-refractivity contribution in [2.24, 2.45) is 5.92 Å². The van der Waals surface area contributed by atoms with Gasteiger partial charge < -0.3 is 15.2 Å². The highest BCUT2D eigenvalue weighted by molar-refractivity contribution is 5.83. The number of imidazole rings is 1. The fourth-order valence-electron chi connectivity index (χ4n) is 3.19. The zero-order valence-electron chi connectivity index (χ0n) is 12.6. The number of nitriles is 1. The van der Waals surface area contributed by atoms with E-state index in [2.05, 4.69) is 34.4 Å². The highest BCUT2D eigenvalue weighted by Crippen LogP contribution is 2.26. The lowest BCUT2D eigenvalue weighted by Gasteiger charge is -2.20. The van der Waals surface area contributed by atoms with E-state index < -0.39 is 0 Å². The van der Waals surface area contributed by atoms with Crippen LogP contribution in [0.2, 0.25) is 0 Å². The van der Waals surface area contributed by atoms with Crippen molar-refractivity contribution in [3.63, 3.8) is 0 Å². The zero-order chi connectivity index (χ0) is 15.0. The number of aromatic nitrogens is 2. The molecule has 2 N–H and O–H groups in total. The molecule has 1 aliphatic rings. The fourth-order valence-corrected chi connectivity index (χ4v) is 3.19. The van der Waals surface area contributed by atoms with E-state index in [0.717, 1.165) is 30.7 Å². The van der Waals surface area contributed by atoms with Crippen LogP contribution in [0.15, 0.2) is 18.2 Å². The highest BCUT2D eigenvalue weighted by Gasteiger charge is 2.25. The molecule has 2 heterocycles. The highest BCUT2D eigenvalue weighted by atomic mass is 15.2. The van der Waals surface area contributed by atoms with Gasteiger partial charge in [0, 0.05) is 19.1 Å². The summed E-state index contributed by atoms with van der Waals surface area (Å²) in [5.74, 6) is 1.11. The molecule has 1 aromatic heterocycles. The summed E-state index contributed by atoms with van der Waals surface area (Å²) in [5.41, 5.74) is 8.36. The van der Waals surface area contributed by atoms with E-state index in [0.29, 0.717) is 23.5 Å². The van der Waals surface area contributed by atoms with Gasteiger partial charge in [0.05, 0.1) is 11.1 Å². The standard InChI is InChI=1S/C16H21N5/c1-11(2)20-7-6-12(9-20)10-21-14-5-3-4-13(8-17)15(14)19-16(21)18/h3-5,11-12H,6-7,9-10H2,1-2H3,(H2,18,19). The molecule has 0 spiro atoms. The number of nitrogens with zero attached hydrogens (tertiary/aromatic N) is 4. The molecule has 1 unspecified atom stereocenters. The van der Waals surface area contributed by atoms with Gasteiger partial charge in [-0.25, -0.2) is 4.98 Å². The normalized spacial score (nSPS) is 19.4. The van der Waals surface area contributed by atoms with Gasteiger partial charge in [0.2, 0.25) is 5.95 Å². The number of fused-ring (bicyclic) bond motifs is 1. The van der Waals surface area contributed by atoms with Crippen LogP contribution in [-0.4, -0.2) is 33.6 Å². The Balaban J connectivity index is 1.88. The van der Waals surface area contributed by atoms with E-state index in [1.54, 1.807) is 6.07 Å². The minimum atomic E-state index is 0.510. The monoisotopic (exact) mass is 283 g/mol. The number of anilines is 1. The first-order valence-corrected chi connectivity index (χ1v) is 7.49. The zero-order valence-corrected chi connectivity index (χ0v) is 12.6. The van der Waals surface area contributed by atoms with Crippen molar-refractivity contribution >= 4 is 17.0 Å². The van der Waals surface area contributed by atoms with Gasteiger partial charge in [0.15, 0.2) is 0 Å². The largest absolute Gasteiger partial charge is 0.369 e. The number of benzene rings is 1. The predicted molar refractivity (Wildman–Crippen MR) is 83.7 cm³/mol. The average molecular weight is 283 g/mol. The molecule has 0 bridgehead atoms. The Hall–Kier alpha value is -2.06. The molecule has 3 rings (SSSR count). The minimum absolute atomic E-state index is 0.510. The molecule has 1 atom stereocenters. The topological polar surface area (TPSA) is 70.9 Å². The molecule has 1 saturated heterocycles. The van der Waals surface area contributed by atoms with Crippen LogP contribution in [0, 0.1) is 17.2 Å². The van der Waals surface area contributed by atoms with E-state index in [1.807, 2.05) is 12.1 Å². The summed E-state index contributed by atoms with van der Waals surface area (Å²) in [6, 6.07) is 8.46. The van der Waals surface area contributed by atoms with Crippen LogP contribution < -0.4 is 5.73 Å². The van der Waals surface area contributed by atoms with Gasteiger partial charge in [-0.2, -0.15) is 5.26 Å². The third kappa shape index (κ3) is 2.47. The molecule has 5 nitrogen and oxygen atoms in total. The lowest BCUT2D eigenvalue weighted by molar-refractivity contribution is 0.261. The first-order valence-electron chi connectivity index (χ1n) is 7.49. The van der Waals surface area contributed by atoms with Gasteiger partial charge in [-0.3, -0.25) is 0 Å². The number of nitrogens with two attached hydrogens (primary N) is 1. The molecule has 1 aliphatic heterocycles. The average Bonchev–Trinajstić information content (AvgIpc) is 3.05. The van der Waals surface area contributed by atoms with Crippen molar-refractivity contribution in [2.45, 2.75) is 32.9 Å². The predicted octanol–water partition coefficient (Wildman–Crippen LogP) is 2.22. The Kier molecular flexibility index (Phi) is 3.56. The second-order valence-corrected chi connectivity index (χ2v) is 6.11. The van der Waals surface area contributed by atoms with Crippen molar-refractivity contribution < 1.29 is 0 Å². The van der Waals surface area contributed by atoms with Gasteiger partial charge in [-0.15, -0.1) is 0 Å². The molecule has 21 heavy (non-hydrogen) atoms. The van der Waals surface area contributed by atoms with Gasteiger partial charge >= 0.3 is 0 Å². The number of hydrogen-bond acceptors (Lipinski definition) is 4. The summed E-state index contributed by atoms with van der Waals surface area (Å²) in [5, 5.41) is 9.17.